The van der Waals surface area contributed by atoms with E-state index in [9.17, 15) is 50.6 Å². The molecular formula is C25H33F5N6O8S. The number of rotatable bonds is 10. The minimum Gasteiger partial charge on any atom is -0.417 e. The zero-order valence-electron chi connectivity index (χ0n) is 25.4. The van der Waals surface area contributed by atoms with Crippen LogP contribution in [0.15, 0.2) is 11.2 Å². The fraction of sp³-hybridized carbons (Fsp3) is 0.600. The van der Waals surface area contributed by atoms with E-state index < -0.39 is 66.0 Å². The predicted molar refractivity (Wildman–Crippen MR) is 152 cm³/mol. The van der Waals surface area contributed by atoms with Crippen LogP contribution in [0.1, 0.15) is 69.3 Å². The Kier molecular flexibility index (Phi) is 11.5. The second-order valence-corrected chi connectivity index (χ2v) is 12.6. The zero-order valence-corrected chi connectivity index (χ0v) is 26.2. The van der Waals surface area contributed by atoms with Crippen LogP contribution in [-0.4, -0.2) is 51.3 Å². The number of nitro groups is 2. The van der Waals surface area contributed by atoms with Crippen molar-refractivity contribution < 1.29 is 49.8 Å². The Morgan fingerprint density at radius 2 is 1.73 bits per heavy atom. The normalized spacial score (nSPS) is 14.5. The Morgan fingerprint density at radius 3 is 2.16 bits per heavy atom. The number of nitrogens with zero attached hydrogens (tertiary/aromatic N) is 5. The molecule has 20 heteroatoms. The summed E-state index contributed by atoms with van der Waals surface area (Å²) in [6.07, 6.45) is -3.75. The van der Waals surface area contributed by atoms with Crippen molar-refractivity contribution in [3.05, 3.63) is 48.7 Å². The Hall–Kier alpha value is -4.10. The van der Waals surface area contributed by atoms with E-state index in [1.165, 1.54) is 19.9 Å². The lowest BCUT2D eigenvalue weighted by Crippen LogP contribution is -2.24. The molecule has 0 radical (unpaired) electrons. The Balaban J connectivity index is 0.000000322. The molecule has 0 unspecified atom stereocenters. The van der Waals surface area contributed by atoms with Crippen molar-refractivity contribution in [2.45, 2.75) is 91.0 Å². The molecule has 1 N–H and O–H groups in total. The number of oxime groups is 1. The van der Waals surface area contributed by atoms with E-state index in [0.29, 0.717) is 15.8 Å². The molecule has 1 aliphatic rings. The van der Waals surface area contributed by atoms with Gasteiger partial charge in [-0.2, -0.15) is 27.1 Å². The molecule has 252 valence electrons. The van der Waals surface area contributed by atoms with E-state index in [1.807, 2.05) is 13.8 Å². The molecule has 14 nitrogen and oxygen atoms in total. The lowest BCUT2D eigenvalue weighted by atomic mass is 10.0. The molecule has 0 aliphatic carbocycles. The van der Waals surface area contributed by atoms with E-state index in [1.54, 1.807) is 13.8 Å². The van der Waals surface area contributed by atoms with Crippen molar-refractivity contribution in [2.75, 3.05) is 5.32 Å². The minimum atomic E-state index is -5.06. The van der Waals surface area contributed by atoms with Gasteiger partial charge in [0, 0.05) is 31.1 Å². The number of halogens is 5. The number of benzene rings is 1. The monoisotopic (exact) mass is 672 g/mol. The highest BCUT2D eigenvalue weighted by Crippen LogP contribution is 2.40. The number of sulfone groups is 1. The third kappa shape index (κ3) is 8.98. The van der Waals surface area contributed by atoms with Gasteiger partial charge in [0.2, 0.25) is 5.88 Å². The fourth-order valence-corrected chi connectivity index (χ4v) is 5.80. The Labute approximate surface area is 254 Å². The first-order chi connectivity index (χ1) is 20.6. The third-order valence-corrected chi connectivity index (χ3v) is 8.33. The average Bonchev–Trinajstić information content (AvgIpc) is 3.43. The summed E-state index contributed by atoms with van der Waals surface area (Å²) < 4.78 is 93.4. The highest BCUT2D eigenvalue weighted by molar-refractivity contribution is 8.05. The summed E-state index contributed by atoms with van der Waals surface area (Å²) in [4.78, 5) is 26.2. The SMILES string of the molecule is CCC(CC)Nc1c([N+](=O)[O-])cc(C)c(C)c1[N+](=O)[O-].Cn1nc(C(F)(F)F)c(CS(=O)(=O)C2=NOC(C)(C)C2)c1OC(F)F. The van der Waals surface area contributed by atoms with Crippen molar-refractivity contribution in [3.63, 3.8) is 0 Å². The second-order valence-electron chi connectivity index (χ2n) is 10.6. The van der Waals surface area contributed by atoms with Crippen molar-refractivity contribution in [2.24, 2.45) is 12.2 Å². The van der Waals surface area contributed by atoms with Gasteiger partial charge in [0.05, 0.1) is 21.2 Å². The largest absolute Gasteiger partial charge is 0.435 e. The van der Waals surface area contributed by atoms with Crippen LogP contribution in [0.5, 0.6) is 5.88 Å². The van der Waals surface area contributed by atoms with Crippen LogP contribution < -0.4 is 10.1 Å². The van der Waals surface area contributed by atoms with Gasteiger partial charge in [0.1, 0.15) is 5.60 Å². The van der Waals surface area contributed by atoms with Crippen molar-refractivity contribution >= 4 is 31.9 Å². The van der Waals surface area contributed by atoms with E-state index in [-0.39, 0.29) is 29.5 Å². The third-order valence-electron chi connectivity index (χ3n) is 6.73. The highest BCUT2D eigenvalue weighted by Gasteiger charge is 2.43. The lowest BCUT2D eigenvalue weighted by molar-refractivity contribution is -0.392. The molecule has 0 atom stereocenters. The van der Waals surface area contributed by atoms with Gasteiger partial charge in [-0.3, -0.25) is 20.2 Å². The maximum atomic E-state index is 13.1. The van der Waals surface area contributed by atoms with Gasteiger partial charge in [0.15, 0.2) is 26.3 Å². The van der Waals surface area contributed by atoms with Crippen molar-refractivity contribution in [1.29, 1.82) is 0 Å². The summed E-state index contributed by atoms with van der Waals surface area (Å²) in [5.74, 6) is -2.24. The van der Waals surface area contributed by atoms with Gasteiger partial charge in [-0.25, -0.2) is 13.1 Å². The summed E-state index contributed by atoms with van der Waals surface area (Å²) in [6.45, 7) is 6.72. The Bertz CT molecular complexity index is 1570. The molecule has 0 spiro atoms. The molecule has 2 aromatic rings. The van der Waals surface area contributed by atoms with E-state index >= 15 is 0 Å². The first-order valence-corrected chi connectivity index (χ1v) is 15.0. The number of ether oxygens (including phenoxy) is 1. The zero-order chi connectivity index (χ0) is 34.7. The molecule has 1 aromatic carbocycles. The van der Waals surface area contributed by atoms with Crippen LogP contribution >= 0.6 is 0 Å². The molecule has 0 amide bonds. The van der Waals surface area contributed by atoms with E-state index in [2.05, 4.69) is 20.3 Å². The van der Waals surface area contributed by atoms with Crippen LogP contribution in [-0.2, 0) is 33.7 Å². The number of anilines is 1. The standard InChI is InChI=1S/C13H19N3O4.C12H14F5N3O4S/c1-5-10(6-2)14-12-11(15(17)18)7-8(3)9(4)13(12)16(19)20;1-11(2)4-7(19-24-11)25(21,22)5-6-8(12(15,16)17)18-20(3)9(6)23-10(13)14/h7,10,14H,5-6H2,1-4H3;10H,4-5H2,1-3H3. The van der Waals surface area contributed by atoms with Crippen LogP contribution in [0.3, 0.4) is 0 Å². The van der Waals surface area contributed by atoms with Gasteiger partial charge in [-0.1, -0.05) is 19.0 Å². The average molecular weight is 673 g/mol. The molecule has 0 fully saturated rings. The second kappa shape index (κ2) is 13.9. The number of nitrogens with one attached hydrogen (secondary N) is 1. The number of aromatic nitrogens is 2. The molecule has 0 saturated heterocycles. The van der Waals surface area contributed by atoms with Crippen LogP contribution in [0, 0.1) is 34.1 Å². The van der Waals surface area contributed by atoms with Gasteiger partial charge >= 0.3 is 18.5 Å². The number of hydrogen-bond donors (Lipinski definition) is 1. The molecular weight excluding hydrogens is 639 g/mol. The van der Waals surface area contributed by atoms with Crippen LogP contribution in [0.2, 0.25) is 0 Å². The molecule has 0 saturated carbocycles. The number of aryl methyl sites for hydroxylation is 2. The molecule has 2 heterocycles. The Morgan fingerprint density at radius 1 is 1.16 bits per heavy atom. The smallest absolute Gasteiger partial charge is 0.417 e. The molecule has 45 heavy (non-hydrogen) atoms. The molecule has 0 bridgehead atoms. The first-order valence-electron chi connectivity index (χ1n) is 13.3. The van der Waals surface area contributed by atoms with Gasteiger partial charge in [-0.05, 0) is 46.1 Å². The van der Waals surface area contributed by atoms with Crippen LogP contribution in [0.4, 0.5) is 39.0 Å². The molecule has 3 rings (SSSR count). The highest BCUT2D eigenvalue weighted by atomic mass is 32.2. The minimum absolute atomic E-state index is 0.0109. The van der Waals surface area contributed by atoms with E-state index in [0.717, 1.165) is 19.9 Å². The summed E-state index contributed by atoms with van der Waals surface area (Å²) in [5, 5.41) is 31.4. The van der Waals surface area contributed by atoms with Crippen molar-refractivity contribution in [3.8, 4) is 5.88 Å². The number of hydrogen-bond acceptors (Lipinski definition) is 11. The number of nitro benzene ring substituents is 2. The van der Waals surface area contributed by atoms with E-state index in [4.69, 9.17) is 4.84 Å². The quantitative estimate of drug-likeness (QED) is 0.174. The lowest BCUT2D eigenvalue weighted by Gasteiger charge is -2.17. The summed E-state index contributed by atoms with van der Waals surface area (Å²) in [7, 11) is -3.43. The predicted octanol–water partition coefficient (Wildman–Crippen LogP) is 6.19. The maximum Gasteiger partial charge on any atom is 0.435 e. The van der Waals surface area contributed by atoms with Crippen LogP contribution in [0.25, 0.3) is 0 Å². The maximum absolute atomic E-state index is 13.1. The summed E-state index contributed by atoms with van der Waals surface area (Å²) in [6, 6.07) is 1.35. The van der Waals surface area contributed by atoms with Gasteiger partial charge < -0.3 is 14.9 Å². The molecule has 1 aliphatic heterocycles. The number of alkyl halides is 5. The first kappa shape index (κ1) is 37.1. The van der Waals surface area contributed by atoms with Gasteiger partial charge in [-0.15, -0.1) is 0 Å². The fourth-order valence-electron chi connectivity index (χ4n) is 4.28. The molecule has 1 aromatic heterocycles. The van der Waals surface area contributed by atoms with Crippen molar-refractivity contribution in [1.82, 2.24) is 9.78 Å². The van der Waals surface area contributed by atoms with Gasteiger partial charge in [0.25, 0.3) is 5.69 Å². The topological polar surface area (TPSA) is 181 Å². The summed E-state index contributed by atoms with van der Waals surface area (Å²) in [5.41, 5.74) is -3.01. The summed E-state index contributed by atoms with van der Waals surface area (Å²) >= 11 is 0.